The average Bonchev–Trinajstić information content (AvgIpc) is 2.63. The smallest absolute Gasteiger partial charge is 0.134 e. The average molecular weight is 352 g/mol. The highest BCUT2D eigenvalue weighted by molar-refractivity contribution is 7.96. The van der Waals surface area contributed by atoms with Crippen molar-refractivity contribution in [2.24, 2.45) is 5.14 Å². The summed E-state index contributed by atoms with van der Waals surface area (Å²) in [6.07, 6.45) is 1.56. The highest BCUT2D eigenvalue weighted by Crippen LogP contribution is 2.29. The molecule has 128 valence electrons. The molecule has 3 rings (SSSR count). The van der Waals surface area contributed by atoms with Crippen molar-refractivity contribution < 1.29 is 4.74 Å². The Morgan fingerprint density at radius 1 is 1.08 bits per heavy atom. The summed E-state index contributed by atoms with van der Waals surface area (Å²) < 4.78 is 5.70. The van der Waals surface area contributed by atoms with Gasteiger partial charge in [0.25, 0.3) is 0 Å². The number of hydrogen-bond acceptors (Lipinski definition) is 6. The Labute approximate surface area is 151 Å². The summed E-state index contributed by atoms with van der Waals surface area (Å²) >= 11 is 1.31. The maximum absolute atomic E-state index is 5.70. The molecular weight excluding hydrogens is 332 g/mol. The third-order valence-electron chi connectivity index (χ3n) is 3.58. The fourth-order valence-electron chi connectivity index (χ4n) is 2.52. The van der Waals surface area contributed by atoms with Crippen LogP contribution in [0.25, 0.3) is 11.3 Å². The number of nitrogens with one attached hydrogen (secondary N) is 1. The van der Waals surface area contributed by atoms with Gasteiger partial charge in [-0.1, -0.05) is 36.2 Å². The molecule has 0 atom stereocenters. The molecule has 0 amide bonds. The molecule has 0 bridgehead atoms. The van der Waals surface area contributed by atoms with Crippen LogP contribution in [-0.2, 0) is 5.75 Å². The van der Waals surface area contributed by atoms with Crippen LogP contribution in [0, 0.1) is 0 Å². The molecule has 0 radical (unpaired) electrons. The topological polar surface area (TPSA) is 73.1 Å². The number of benzene rings is 2. The second kappa shape index (κ2) is 8.50. The Hall–Kier alpha value is -2.57. The fourth-order valence-corrected chi connectivity index (χ4v) is 2.89. The number of nitrogens with zero attached hydrogens (tertiary/aromatic N) is 2. The number of rotatable bonds is 7. The van der Waals surface area contributed by atoms with Crippen molar-refractivity contribution in [3.63, 3.8) is 0 Å². The molecule has 3 aromatic rings. The van der Waals surface area contributed by atoms with E-state index in [0.29, 0.717) is 6.61 Å². The Morgan fingerprint density at radius 2 is 1.96 bits per heavy atom. The lowest BCUT2D eigenvalue weighted by atomic mass is 10.1. The predicted molar refractivity (Wildman–Crippen MR) is 104 cm³/mol. The standard InChI is InChI=1S/C19H20N4OS/c1-2-24-18-9-4-3-8-16(18)17-11-19(22-13-21-17)23-15-7-5-6-14(10-15)12-25-20/h3-11,13H,2,12,20H2,1H3,(H,21,22,23). The summed E-state index contributed by atoms with van der Waals surface area (Å²) in [5.41, 5.74) is 3.89. The Morgan fingerprint density at radius 3 is 2.80 bits per heavy atom. The van der Waals surface area contributed by atoms with E-state index in [1.165, 1.54) is 11.9 Å². The second-order valence-electron chi connectivity index (χ2n) is 5.35. The van der Waals surface area contributed by atoms with E-state index in [-0.39, 0.29) is 0 Å². The zero-order valence-corrected chi connectivity index (χ0v) is 14.8. The monoisotopic (exact) mass is 352 g/mol. The molecule has 0 aliphatic heterocycles. The largest absolute Gasteiger partial charge is 0.493 e. The van der Waals surface area contributed by atoms with Crippen molar-refractivity contribution in [3.05, 3.63) is 66.5 Å². The van der Waals surface area contributed by atoms with Crippen LogP contribution in [0.4, 0.5) is 11.5 Å². The van der Waals surface area contributed by atoms with Gasteiger partial charge in [-0.3, -0.25) is 5.14 Å². The van der Waals surface area contributed by atoms with Crippen molar-refractivity contribution in [1.82, 2.24) is 9.97 Å². The summed E-state index contributed by atoms with van der Waals surface area (Å²) in [5.74, 6) is 2.32. The number of para-hydroxylation sites is 1. The highest BCUT2D eigenvalue weighted by Gasteiger charge is 2.08. The van der Waals surface area contributed by atoms with Gasteiger partial charge >= 0.3 is 0 Å². The van der Waals surface area contributed by atoms with Crippen LogP contribution in [-0.4, -0.2) is 16.6 Å². The minimum Gasteiger partial charge on any atom is -0.493 e. The number of nitrogens with two attached hydrogens (primary N) is 1. The molecule has 0 spiro atoms. The summed E-state index contributed by atoms with van der Waals surface area (Å²) in [4.78, 5) is 8.71. The van der Waals surface area contributed by atoms with E-state index in [1.54, 1.807) is 6.33 Å². The Kier molecular flexibility index (Phi) is 5.87. The lowest BCUT2D eigenvalue weighted by Crippen LogP contribution is -1.98. The third kappa shape index (κ3) is 4.49. The number of aromatic nitrogens is 2. The molecule has 0 aliphatic carbocycles. The minimum absolute atomic E-state index is 0.610. The molecule has 1 aromatic heterocycles. The van der Waals surface area contributed by atoms with Crippen molar-refractivity contribution in [1.29, 1.82) is 0 Å². The van der Waals surface area contributed by atoms with Crippen LogP contribution in [0.2, 0.25) is 0 Å². The van der Waals surface area contributed by atoms with E-state index in [1.807, 2.05) is 49.4 Å². The second-order valence-corrected chi connectivity index (χ2v) is 5.98. The summed E-state index contributed by atoms with van der Waals surface area (Å²) in [6.45, 7) is 2.58. The van der Waals surface area contributed by atoms with Gasteiger partial charge in [-0.25, -0.2) is 9.97 Å². The van der Waals surface area contributed by atoms with E-state index >= 15 is 0 Å². The molecule has 5 nitrogen and oxygen atoms in total. The predicted octanol–water partition coefficient (Wildman–Crippen LogP) is 4.39. The molecule has 25 heavy (non-hydrogen) atoms. The SMILES string of the molecule is CCOc1ccccc1-c1cc(Nc2cccc(CSN)c2)ncn1. The quantitative estimate of drug-likeness (QED) is 0.614. The zero-order valence-electron chi connectivity index (χ0n) is 14.0. The van der Waals surface area contributed by atoms with Gasteiger partial charge in [-0.2, -0.15) is 0 Å². The van der Waals surface area contributed by atoms with Crippen LogP contribution < -0.4 is 15.2 Å². The lowest BCUT2D eigenvalue weighted by Gasteiger charge is -2.11. The van der Waals surface area contributed by atoms with E-state index in [9.17, 15) is 0 Å². The molecule has 0 saturated carbocycles. The number of hydrogen-bond donors (Lipinski definition) is 2. The maximum Gasteiger partial charge on any atom is 0.134 e. The Bertz CT molecular complexity index is 841. The molecule has 6 heteroatoms. The van der Waals surface area contributed by atoms with Gasteiger partial charge in [0.15, 0.2) is 0 Å². The summed E-state index contributed by atoms with van der Waals surface area (Å²) in [6, 6.07) is 17.9. The van der Waals surface area contributed by atoms with Gasteiger partial charge in [0, 0.05) is 23.1 Å². The van der Waals surface area contributed by atoms with Gasteiger partial charge < -0.3 is 10.1 Å². The summed E-state index contributed by atoms with van der Waals surface area (Å²) in [7, 11) is 0. The molecule has 0 saturated heterocycles. The first-order valence-electron chi connectivity index (χ1n) is 8.02. The van der Waals surface area contributed by atoms with E-state index in [4.69, 9.17) is 9.88 Å². The van der Waals surface area contributed by atoms with Crippen molar-refractivity contribution >= 4 is 23.5 Å². The highest BCUT2D eigenvalue weighted by atomic mass is 32.2. The molecule has 1 heterocycles. The van der Waals surface area contributed by atoms with E-state index < -0.39 is 0 Å². The van der Waals surface area contributed by atoms with Crippen LogP contribution in [0.5, 0.6) is 5.75 Å². The molecule has 2 aromatic carbocycles. The molecule has 3 N–H and O–H groups in total. The fraction of sp³-hybridized carbons (Fsp3) is 0.158. The number of ether oxygens (including phenoxy) is 1. The van der Waals surface area contributed by atoms with Crippen LogP contribution >= 0.6 is 11.9 Å². The van der Waals surface area contributed by atoms with Gasteiger partial charge in [-0.05, 0) is 36.8 Å². The van der Waals surface area contributed by atoms with E-state index in [0.717, 1.165) is 39.8 Å². The molecular formula is C19H20N4OS. The minimum atomic E-state index is 0.610. The summed E-state index contributed by atoms with van der Waals surface area (Å²) in [5, 5.41) is 8.87. The number of anilines is 2. The first-order chi connectivity index (χ1) is 12.3. The third-order valence-corrected chi connectivity index (χ3v) is 4.08. The van der Waals surface area contributed by atoms with Gasteiger partial charge in [0.1, 0.15) is 17.9 Å². The van der Waals surface area contributed by atoms with Crippen molar-refractivity contribution in [3.8, 4) is 17.0 Å². The molecule has 0 fully saturated rings. The van der Waals surface area contributed by atoms with Crippen molar-refractivity contribution in [2.45, 2.75) is 12.7 Å². The van der Waals surface area contributed by atoms with Crippen molar-refractivity contribution in [2.75, 3.05) is 11.9 Å². The Balaban J connectivity index is 1.86. The zero-order chi connectivity index (χ0) is 17.5. The normalized spacial score (nSPS) is 10.5. The van der Waals surface area contributed by atoms with Crippen LogP contribution in [0.15, 0.2) is 60.9 Å². The lowest BCUT2D eigenvalue weighted by molar-refractivity contribution is 0.341. The van der Waals surface area contributed by atoms with E-state index in [2.05, 4.69) is 27.4 Å². The van der Waals surface area contributed by atoms with Crippen LogP contribution in [0.1, 0.15) is 12.5 Å². The van der Waals surface area contributed by atoms with Gasteiger partial charge in [-0.15, -0.1) is 0 Å². The molecule has 0 aliphatic rings. The maximum atomic E-state index is 5.70. The first-order valence-corrected chi connectivity index (χ1v) is 9.07. The first kappa shape index (κ1) is 17.3. The van der Waals surface area contributed by atoms with Gasteiger partial charge in [0.05, 0.1) is 12.3 Å². The molecule has 0 unspecified atom stereocenters. The van der Waals surface area contributed by atoms with Crippen LogP contribution in [0.3, 0.4) is 0 Å². The van der Waals surface area contributed by atoms with Gasteiger partial charge in [0.2, 0.25) is 0 Å².